The Labute approximate surface area is 97.3 Å². The standard InChI is InChI=1S/C13H20N2O/c1-4-7-10(2)13(16)15-11(3)12-8-5-6-9-14-12/h5-6,8-11H,4,7H2,1-3H3,(H,15,16)/t10?,11-/m0/s1. The lowest BCUT2D eigenvalue weighted by molar-refractivity contribution is -0.125. The summed E-state index contributed by atoms with van der Waals surface area (Å²) in [4.78, 5) is 16.0. The van der Waals surface area contributed by atoms with Gasteiger partial charge in [-0.15, -0.1) is 0 Å². The molecule has 0 bridgehead atoms. The zero-order valence-corrected chi connectivity index (χ0v) is 10.2. The first-order valence-electron chi connectivity index (χ1n) is 5.86. The molecule has 0 aliphatic carbocycles. The Bertz CT molecular complexity index is 324. The molecule has 0 saturated carbocycles. The number of hydrogen-bond donors (Lipinski definition) is 1. The van der Waals surface area contributed by atoms with E-state index < -0.39 is 0 Å². The molecule has 1 rings (SSSR count). The molecule has 0 aliphatic heterocycles. The highest BCUT2D eigenvalue weighted by Crippen LogP contribution is 2.11. The fourth-order valence-corrected chi connectivity index (χ4v) is 1.63. The maximum Gasteiger partial charge on any atom is 0.223 e. The highest BCUT2D eigenvalue weighted by Gasteiger charge is 2.15. The number of carbonyl (C=O) groups excluding carboxylic acids is 1. The van der Waals surface area contributed by atoms with Gasteiger partial charge in [0.2, 0.25) is 5.91 Å². The molecular weight excluding hydrogens is 200 g/mol. The van der Waals surface area contributed by atoms with Gasteiger partial charge in [-0.3, -0.25) is 9.78 Å². The van der Waals surface area contributed by atoms with Crippen LogP contribution in [0.25, 0.3) is 0 Å². The zero-order valence-electron chi connectivity index (χ0n) is 10.2. The summed E-state index contributed by atoms with van der Waals surface area (Å²) in [7, 11) is 0. The summed E-state index contributed by atoms with van der Waals surface area (Å²) in [6.45, 7) is 6.01. The van der Waals surface area contributed by atoms with E-state index in [0.29, 0.717) is 0 Å². The molecule has 0 saturated heterocycles. The molecule has 0 aliphatic rings. The van der Waals surface area contributed by atoms with Crippen LogP contribution >= 0.6 is 0 Å². The minimum absolute atomic E-state index is 0.0204. The second-order valence-corrected chi connectivity index (χ2v) is 4.17. The normalized spacial score (nSPS) is 14.2. The third-order valence-corrected chi connectivity index (χ3v) is 2.66. The number of hydrogen-bond acceptors (Lipinski definition) is 2. The monoisotopic (exact) mass is 220 g/mol. The van der Waals surface area contributed by atoms with Gasteiger partial charge >= 0.3 is 0 Å². The number of amides is 1. The Hall–Kier alpha value is -1.38. The largest absolute Gasteiger partial charge is 0.348 e. The van der Waals surface area contributed by atoms with Crippen LogP contribution in [-0.4, -0.2) is 10.9 Å². The average Bonchev–Trinajstić information content (AvgIpc) is 2.30. The minimum Gasteiger partial charge on any atom is -0.348 e. The Morgan fingerprint density at radius 3 is 2.75 bits per heavy atom. The van der Waals surface area contributed by atoms with Gasteiger partial charge < -0.3 is 5.32 Å². The molecule has 2 atom stereocenters. The zero-order chi connectivity index (χ0) is 12.0. The van der Waals surface area contributed by atoms with Crippen molar-refractivity contribution in [3.63, 3.8) is 0 Å². The van der Waals surface area contributed by atoms with Crippen LogP contribution in [0, 0.1) is 5.92 Å². The fraction of sp³-hybridized carbons (Fsp3) is 0.538. The Kier molecular flexibility index (Phi) is 4.96. The third kappa shape index (κ3) is 3.65. The van der Waals surface area contributed by atoms with Crippen molar-refractivity contribution in [3.05, 3.63) is 30.1 Å². The van der Waals surface area contributed by atoms with Crippen molar-refractivity contribution < 1.29 is 4.79 Å². The van der Waals surface area contributed by atoms with Crippen LogP contribution < -0.4 is 5.32 Å². The van der Waals surface area contributed by atoms with Crippen molar-refractivity contribution >= 4 is 5.91 Å². The van der Waals surface area contributed by atoms with E-state index in [1.807, 2.05) is 32.0 Å². The number of nitrogens with zero attached hydrogens (tertiary/aromatic N) is 1. The number of pyridine rings is 1. The molecule has 0 fully saturated rings. The molecule has 88 valence electrons. The first-order chi connectivity index (χ1) is 7.65. The Morgan fingerprint density at radius 1 is 1.44 bits per heavy atom. The number of nitrogens with one attached hydrogen (secondary N) is 1. The van der Waals surface area contributed by atoms with Crippen LogP contribution in [0.5, 0.6) is 0 Å². The molecule has 3 nitrogen and oxygen atoms in total. The van der Waals surface area contributed by atoms with E-state index in [9.17, 15) is 4.79 Å². The molecule has 0 radical (unpaired) electrons. The summed E-state index contributed by atoms with van der Waals surface area (Å²) in [6.07, 6.45) is 3.71. The van der Waals surface area contributed by atoms with Crippen LogP contribution in [0.1, 0.15) is 45.3 Å². The van der Waals surface area contributed by atoms with E-state index in [4.69, 9.17) is 0 Å². The maximum absolute atomic E-state index is 11.8. The van der Waals surface area contributed by atoms with E-state index in [-0.39, 0.29) is 17.9 Å². The molecule has 1 amide bonds. The lowest BCUT2D eigenvalue weighted by atomic mass is 10.0. The Balaban J connectivity index is 2.51. The molecule has 1 heterocycles. The van der Waals surface area contributed by atoms with Crippen molar-refractivity contribution in [3.8, 4) is 0 Å². The molecule has 1 N–H and O–H groups in total. The minimum atomic E-state index is -0.0204. The predicted molar refractivity (Wildman–Crippen MR) is 64.9 cm³/mol. The van der Waals surface area contributed by atoms with Gasteiger partial charge in [-0.25, -0.2) is 0 Å². The maximum atomic E-state index is 11.8. The summed E-state index contributed by atoms with van der Waals surface area (Å²) >= 11 is 0. The van der Waals surface area contributed by atoms with Gasteiger partial charge in [0.05, 0.1) is 11.7 Å². The second kappa shape index (κ2) is 6.26. The number of carbonyl (C=O) groups is 1. The highest BCUT2D eigenvalue weighted by molar-refractivity contribution is 5.78. The smallest absolute Gasteiger partial charge is 0.223 e. The lowest BCUT2D eigenvalue weighted by Gasteiger charge is -2.16. The molecule has 1 unspecified atom stereocenters. The van der Waals surface area contributed by atoms with E-state index in [0.717, 1.165) is 18.5 Å². The summed E-state index contributed by atoms with van der Waals surface area (Å²) in [5, 5.41) is 2.98. The van der Waals surface area contributed by atoms with Gasteiger partial charge in [0.25, 0.3) is 0 Å². The number of aromatic nitrogens is 1. The van der Waals surface area contributed by atoms with Gasteiger partial charge in [0.15, 0.2) is 0 Å². The Morgan fingerprint density at radius 2 is 2.19 bits per heavy atom. The second-order valence-electron chi connectivity index (χ2n) is 4.17. The van der Waals surface area contributed by atoms with E-state index >= 15 is 0 Å². The first kappa shape index (κ1) is 12.7. The van der Waals surface area contributed by atoms with Crippen molar-refractivity contribution in [2.45, 2.75) is 39.7 Å². The van der Waals surface area contributed by atoms with Crippen molar-refractivity contribution in [1.82, 2.24) is 10.3 Å². The SMILES string of the molecule is CCCC(C)C(=O)N[C@@H](C)c1ccccn1. The van der Waals surface area contributed by atoms with Gasteiger partial charge in [0, 0.05) is 12.1 Å². The molecule has 1 aromatic heterocycles. The van der Waals surface area contributed by atoms with Gasteiger partial charge in [-0.05, 0) is 25.5 Å². The van der Waals surface area contributed by atoms with Gasteiger partial charge in [-0.2, -0.15) is 0 Å². The van der Waals surface area contributed by atoms with Gasteiger partial charge in [-0.1, -0.05) is 26.3 Å². The molecule has 3 heteroatoms. The molecule has 16 heavy (non-hydrogen) atoms. The lowest BCUT2D eigenvalue weighted by Crippen LogP contribution is -2.31. The van der Waals surface area contributed by atoms with Crippen LogP contribution in [0.15, 0.2) is 24.4 Å². The summed E-state index contributed by atoms with van der Waals surface area (Å²) in [5.74, 6) is 0.191. The third-order valence-electron chi connectivity index (χ3n) is 2.66. The summed E-state index contributed by atoms with van der Waals surface area (Å²) < 4.78 is 0. The van der Waals surface area contributed by atoms with Crippen molar-refractivity contribution in [2.75, 3.05) is 0 Å². The van der Waals surface area contributed by atoms with E-state index in [2.05, 4.69) is 17.2 Å². The molecule has 1 aromatic rings. The van der Waals surface area contributed by atoms with Crippen LogP contribution in [0.4, 0.5) is 0 Å². The van der Waals surface area contributed by atoms with Crippen LogP contribution in [-0.2, 0) is 4.79 Å². The van der Waals surface area contributed by atoms with E-state index in [1.165, 1.54) is 0 Å². The van der Waals surface area contributed by atoms with Crippen LogP contribution in [0.2, 0.25) is 0 Å². The highest BCUT2D eigenvalue weighted by atomic mass is 16.1. The van der Waals surface area contributed by atoms with Gasteiger partial charge in [0.1, 0.15) is 0 Å². The quantitative estimate of drug-likeness (QED) is 0.829. The number of rotatable bonds is 5. The average molecular weight is 220 g/mol. The molecule has 0 spiro atoms. The first-order valence-corrected chi connectivity index (χ1v) is 5.86. The van der Waals surface area contributed by atoms with E-state index in [1.54, 1.807) is 6.20 Å². The topological polar surface area (TPSA) is 42.0 Å². The van der Waals surface area contributed by atoms with Crippen molar-refractivity contribution in [2.24, 2.45) is 5.92 Å². The fourth-order valence-electron chi connectivity index (χ4n) is 1.63. The summed E-state index contributed by atoms with van der Waals surface area (Å²) in [6, 6.07) is 5.71. The summed E-state index contributed by atoms with van der Waals surface area (Å²) in [5.41, 5.74) is 0.902. The van der Waals surface area contributed by atoms with Crippen molar-refractivity contribution in [1.29, 1.82) is 0 Å². The molecular formula is C13H20N2O. The molecule has 0 aromatic carbocycles. The van der Waals surface area contributed by atoms with Crippen LogP contribution in [0.3, 0.4) is 0 Å². The predicted octanol–water partition coefficient (Wildman–Crippen LogP) is 2.70.